The summed E-state index contributed by atoms with van der Waals surface area (Å²) in [5, 5.41) is 11.3. The Kier molecular flexibility index (Phi) is 6.01. The van der Waals surface area contributed by atoms with Crippen molar-refractivity contribution >= 4 is 40.2 Å². The number of hydrogen-bond acceptors (Lipinski definition) is 5. The van der Waals surface area contributed by atoms with Gasteiger partial charge in [0, 0.05) is 24.0 Å². The van der Waals surface area contributed by atoms with E-state index in [0.717, 1.165) is 11.8 Å². The number of nitrogens with one attached hydrogen (secondary N) is 1. The quantitative estimate of drug-likeness (QED) is 0.644. The minimum atomic E-state index is -0.406. The van der Waals surface area contributed by atoms with Crippen molar-refractivity contribution in [2.24, 2.45) is 0 Å². The fraction of sp³-hybridized carbons (Fsp3) is 0.158. The van der Waals surface area contributed by atoms with Gasteiger partial charge in [0.15, 0.2) is 5.69 Å². The number of nitrogens with zero attached hydrogens (tertiary/aromatic N) is 4. The topological polar surface area (TPSA) is 80.1 Å². The summed E-state index contributed by atoms with van der Waals surface area (Å²) < 4.78 is 1.55. The minimum absolute atomic E-state index is 0.134. The Labute approximate surface area is 171 Å². The van der Waals surface area contributed by atoms with Gasteiger partial charge in [0.1, 0.15) is 0 Å². The number of carbonyl (C=O) groups excluding carboxylic acids is 2. The van der Waals surface area contributed by atoms with Gasteiger partial charge in [-0.1, -0.05) is 35.0 Å². The zero-order valence-electron chi connectivity index (χ0n) is 15.5. The maximum atomic E-state index is 12.8. The molecule has 1 heterocycles. The standard InChI is InChI=1S/C19H18ClN5O2S/c1-12-17(22-23-25(12)14-8-6-7-13(20)11-14)18(26)21-15-9-4-5-10-16(15)28-19(27)24(2)3/h4-11H,1-3H3,(H,21,26). The predicted octanol–water partition coefficient (Wildman–Crippen LogP) is 4.26. The summed E-state index contributed by atoms with van der Waals surface area (Å²) in [6, 6.07) is 14.2. The molecule has 0 aliphatic carbocycles. The fourth-order valence-electron chi connectivity index (χ4n) is 2.42. The van der Waals surface area contributed by atoms with E-state index in [1.54, 1.807) is 62.1 Å². The van der Waals surface area contributed by atoms with Crippen LogP contribution in [-0.4, -0.2) is 45.1 Å². The number of hydrogen-bond donors (Lipinski definition) is 1. The van der Waals surface area contributed by atoms with Gasteiger partial charge in [0.2, 0.25) is 0 Å². The molecule has 0 spiro atoms. The number of benzene rings is 2. The van der Waals surface area contributed by atoms with Crippen LogP contribution in [0.3, 0.4) is 0 Å². The van der Waals surface area contributed by atoms with Crippen molar-refractivity contribution in [3.63, 3.8) is 0 Å². The Balaban J connectivity index is 1.84. The molecule has 0 unspecified atom stereocenters. The molecule has 0 saturated heterocycles. The van der Waals surface area contributed by atoms with Gasteiger partial charge >= 0.3 is 0 Å². The van der Waals surface area contributed by atoms with E-state index in [0.29, 0.717) is 27.0 Å². The number of anilines is 1. The predicted molar refractivity (Wildman–Crippen MR) is 110 cm³/mol. The third kappa shape index (κ3) is 4.35. The maximum absolute atomic E-state index is 12.8. The lowest BCUT2D eigenvalue weighted by atomic mass is 10.2. The average molecular weight is 416 g/mol. The number of rotatable bonds is 4. The first-order valence-electron chi connectivity index (χ1n) is 8.34. The molecule has 144 valence electrons. The van der Waals surface area contributed by atoms with Crippen LogP contribution in [0.15, 0.2) is 53.4 Å². The summed E-state index contributed by atoms with van der Waals surface area (Å²) in [6.45, 7) is 1.76. The van der Waals surface area contributed by atoms with Crippen molar-refractivity contribution in [2.45, 2.75) is 11.8 Å². The van der Waals surface area contributed by atoms with E-state index >= 15 is 0 Å². The highest BCUT2D eigenvalue weighted by Gasteiger charge is 2.19. The zero-order valence-corrected chi connectivity index (χ0v) is 17.1. The molecule has 1 aromatic heterocycles. The van der Waals surface area contributed by atoms with Crippen molar-refractivity contribution in [3.05, 3.63) is 64.9 Å². The second-order valence-corrected chi connectivity index (χ2v) is 7.56. The molecule has 2 aromatic carbocycles. The molecular weight excluding hydrogens is 398 g/mol. The van der Waals surface area contributed by atoms with Crippen LogP contribution in [-0.2, 0) is 0 Å². The van der Waals surface area contributed by atoms with Crippen molar-refractivity contribution in [1.29, 1.82) is 0 Å². The molecule has 0 bridgehead atoms. The van der Waals surface area contributed by atoms with Crippen LogP contribution in [0.4, 0.5) is 10.5 Å². The van der Waals surface area contributed by atoms with E-state index in [9.17, 15) is 9.59 Å². The Hall–Kier alpha value is -2.84. The molecule has 0 aliphatic heterocycles. The van der Waals surface area contributed by atoms with E-state index in [-0.39, 0.29) is 10.9 Å². The highest BCUT2D eigenvalue weighted by atomic mass is 35.5. The Bertz CT molecular complexity index is 1030. The van der Waals surface area contributed by atoms with Crippen LogP contribution in [0.5, 0.6) is 0 Å². The smallest absolute Gasteiger partial charge is 0.286 e. The number of para-hydroxylation sites is 1. The lowest BCUT2D eigenvalue weighted by Gasteiger charge is -2.12. The van der Waals surface area contributed by atoms with Crippen LogP contribution >= 0.6 is 23.4 Å². The molecule has 2 amide bonds. The fourth-order valence-corrected chi connectivity index (χ4v) is 3.35. The van der Waals surface area contributed by atoms with Gasteiger partial charge in [0.05, 0.1) is 17.1 Å². The summed E-state index contributed by atoms with van der Waals surface area (Å²) >= 11 is 7.07. The highest BCUT2D eigenvalue weighted by molar-refractivity contribution is 8.13. The molecule has 28 heavy (non-hydrogen) atoms. The largest absolute Gasteiger partial charge is 0.339 e. The molecular formula is C19H18ClN5O2S. The normalized spacial score (nSPS) is 10.6. The number of amides is 2. The van der Waals surface area contributed by atoms with Crippen LogP contribution in [0.25, 0.3) is 5.69 Å². The van der Waals surface area contributed by atoms with Crippen molar-refractivity contribution in [3.8, 4) is 5.69 Å². The van der Waals surface area contributed by atoms with Gasteiger partial charge in [-0.15, -0.1) is 5.10 Å². The van der Waals surface area contributed by atoms with E-state index in [1.807, 2.05) is 12.1 Å². The average Bonchev–Trinajstić information content (AvgIpc) is 3.04. The monoisotopic (exact) mass is 415 g/mol. The van der Waals surface area contributed by atoms with Crippen molar-refractivity contribution in [2.75, 3.05) is 19.4 Å². The lowest BCUT2D eigenvalue weighted by Crippen LogP contribution is -2.17. The molecule has 7 nitrogen and oxygen atoms in total. The molecule has 1 N–H and O–H groups in total. The van der Waals surface area contributed by atoms with E-state index in [1.165, 1.54) is 4.90 Å². The van der Waals surface area contributed by atoms with E-state index in [2.05, 4.69) is 15.6 Å². The Morgan fingerprint density at radius 3 is 2.61 bits per heavy atom. The summed E-state index contributed by atoms with van der Waals surface area (Å²) in [5.41, 5.74) is 2.02. The first kappa shape index (κ1) is 19.9. The van der Waals surface area contributed by atoms with Crippen molar-refractivity contribution < 1.29 is 9.59 Å². The van der Waals surface area contributed by atoms with Gasteiger partial charge in [-0.3, -0.25) is 9.59 Å². The van der Waals surface area contributed by atoms with Crippen LogP contribution in [0.1, 0.15) is 16.2 Å². The third-order valence-electron chi connectivity index (χ3n) is 3.86. The number of halogens is 1. The van der Waals surface area contributed by atoms with Gasteiger partial charge in [0.25, 0.3) is 11.1 Å². The van der Waals surface area contributed by atoms with Gasteiger partial charge in [-0.25, -0.2) is 4.68 Å². The molecule has 0 fully saturated rings. The highest BCUT2D eigenvalue weighted by Crippen LogP contribution is 2.29. The zero-order chi connectivity index (χ0) is 20.3. The SMILES string of the molecule is Cc1c(C(=O)Nc2ccccc2SC(=O)N(C)C)nnn1-c1cccc(Cl)c1. The molecule has 0 saturated carbocycles. The first-order valence-corrected chi connectivity index (χ1v) is 9.54. The molecule has 0 atom stereocenters. The maximum Gasteiger partial charge on any atom is 0.286 e. The summed E-state index contributed by atoms with van der Waals surface area (Å²) in [6.07, 6.45) is 0. The number of aromatic nitrogens is 3. The molecule has 3 rings (SSSR count). The van der Waals surface area contributed by atoms with E-state index in [4.69, 9.17) is 11.6 Å². The van der Waals surface area contributed by atoms with Crippen LogP contribution in [0.2, 0.25) is 5.02 Å². The summed E-state index contributed by atoms with van der Waals surface area (Å²) in [4.78, 5) is 26.9. The van der Waals surface area contributed by atoms with Gasteiger partial charge in [-0.05, 0) is 49.0 Å². The minimum Gasteiger partial charge on any atom is -0.339 e. The second kappa shape index (κ2) is 8.45. The Morgan fingerprint density at radius 1 is 1.14 bits per heavy atom. The number of thioether (sulfide) groups is 1. The van der Waals surface area contributed by atoms with Crippen LogP contribution in [0, 0.1) is 6.92 Å². The third-order valence-corrected chi connectivity index (χ3v) is 5.21. The van der Waals surface area contributed by atoms with Crippen molar-refractivity contribution in [1.82, 2.24) is 19.9 Å². The molecule has 0 radical (unpaired) electrons. The van der Waals surface area contributed by atoms with Gasteiger partial charge < -0.3 is 10.2 Å². The molecule has 3 aromatic rings. The summed E-state index contributed by atoms with van der Waals surface area (Å²) in [7, 11) is 3.35. The molecule has 9 heteroatoms. The lowest BCUT2D eigenvalue weighted by molar-refractivity contribution is 0.102. The summed E-state index contributed by atoms with van der Waals surface area (Å²) in [5.74, 6) is -0.406. The second-order valence-electron chi connectivity index (χ2n) is 6.13. The first-order chi connectivity index (χ1) is 13.4. The number of carbonyl (C=O) groups is 2. The molecule has 0 aliphatic rings. The van der Waals surface area contributed by atoms with E-state index < -0.39 is 5.91 Å². The Morgan fingerprint density at radius 2 is 1.89 bits per heavy atom. The van der Waals surface area contributed by atoms with Crippen LogP contribution < -0.4 is 5.32 Å². The van der Waals surface area contributed by atoms with Gasteiger partial charge in [-0.2, -0.15) is 0 Å².